The molecule has 0 aromatic carbocycles. The van der Waals surface area contributed by atoms with Gasteiger partial charge in [0, 0.05) is 5.41 Å². The van der Waals surface area contributed by atoms with Crippen molar-refractivity contribution in [2.24, 2.45) is 5.73 Å². The summed E-state index contributed by atoms with van der Waals surface area (Å²) < 4.78 is 3.85. The van der Waals surface area contributed by atoms with Crippen LogP contribution >= 0.6 is 23.8 Å². The third-order valence-electron chi connectivity index (χ3n) is 2.46. The van der Waals surface area contributed by atoms with E-state index in [1.807, 2.05) is 27.7 Å². The Hall–Kier alpha value is -1.08. The molecule has 0 bridgehead atoms. The summed E-state index contributed by atoms with van der Waals surface area (Å²) in [6.07, 6.45) is 0.665. The minimum atomic E-state index is -0.289. The summed E-state index contributed by atoms with van der Waals surface area (Å²) in [5.74, 6) is -0.213. The van der Waals surface area contributed by atoms with E-state index in [4.69, 9.17) is 18.0 Å². The van der Waals surface area contributed by atoms with Crippen LogP contribution in [0.25, 0.3) is 0 Å². The molecule has 0 saturated carbocycles. The summed E-state index contributed by atoms with van der Waals surface area (Å²) >= 11 is 6.00. The molecule has 0 fully saturated rings. The lowest BCUT2D eigenvalue weighted by molar-refractivity contribution is 0.0948. The van der Waals surface area contributed by atoms with Gasteiger partial charge in [-0.25, -0.2) is 0 Å². The van der Waals surface area contributed by atoms with Crippen LogP contribution in [0.2, 0.25) is 0 Å². The Morgan fingerprint density at radius 3 is 2.61 bits per heavy atom. The van der Waals surface area contributed by atoms with Gasteiger partial charge in [0.05, 0.1) is 16.7 Å². The van der Waals surface area contributed by atoms with Gasteiger partial charge < -0.3 is 11.1 Å². The van der Waals surface area contributed by atoms with Crippen LogP contribution in [0.3, 0.4) is 0 Å². The standard InChI is InChI=1S/C11H18N4OS2/c1-5-6(9(12)17)13-10(16)7-8(11(2,3)4)14-15-18-7/h6H,5H2,1-4H3,(H2,12,17)(H,13,16). The van der Waals surface area contributed by atoms with Crippen LogP contribution < -0.4 is 11.1 Å². The Morgan fingerprint density at radius 1 is 1.56 bits per heavy atom. The minimum Gasteiger partial charge on any atom is -0.392 e. The van der Waals surface area contributed by atoms with Gasteiger partial charge in [-0.3, -0.25) is 4.79 Å². The van der Waals surface area contributed by atoms with Gasteiger partial charge >= 0.3 is 0 Å². The molecule has 0 spiro atoms. The zero-order valence-corrected chi connectivity index (χ0v) is 12.6. The maximum Gasteiger partial charge on any atom is 0.265 e. The molecule has 18 heavy (non-hydrogen) atoms. The first-order valence-corrected chi connectivity index (χ1v) is 6.88. The highest BCUT2D eigenvalue weighted by Crippen LogP contribution is 2.25. The third kappa shape index (κ3) is 3.46. The number of nitrogens with zero attached hydrogens (tertiary/aromatic N) is 2. The molecule has 1 unspecified atom stereocenters. The van der Waals surface area contributed by atoms with E-state index < -0.39 is 0 Å². The molecule has 1 aromatic heterocycles. The molecule has 1 heterocycles. The highest BCUT2D eigenvalue weighted by atomic mass is 32.1. The first kappa shape index (κ1) is 15.0. The van der Waals surface area contributed by atoms with E-state index in [1.165, 1.54) is 0 Å². The highest BCUT2D eigenvalue weighted by molar-refractivity contribution is 7.80. The van der Waals surface area contributed by atoms with Crippen molar-refractivity contribution >= 4 is 34.6 Å². The number of carbonyl (C=O) groups is 1. The van der Waals surface area contributed by atoms with Gasteiger partial charge in [0.15, 0.2) is 0 Å². The van der Waals surface area contributed by atoms with E-state index in [2.05, 4.69) is 14.9 Å². The number of nitrogens with two attached hydrogens (primary N) is 1. The van der Waals surface area contributed by atoms with Crippen molar-refractivity contribution in [3.05, 3.63) is 10.6 Å². The first-order chi connectivity index (χ1) is 8.27. The first-order valence-electron chi connectivity index (χ1n) is 5.70. The Bertz CT molecular complexity index is 450. The van der Waals surface area contributed by atoms with Gasteiger partial charge in [0.2, 0.25) is 0 Å². The smallest absolute Gasteiger partial charge is 0.265 e. The summed E-state index contributed by atoms with van der Waals surface area (Å²) in [7, 11) is 0. The van der Waals surface area contributed by atoms with Gasteiger partial charge in [-0.2, -0.15) is 0 Å². The van der Waals surface area contributed by atoms with Gasteiger partial charge in [-0.05, 0) is 18.0 Å². The third-order valence-corrected chi connectivity index (χ3v) is 3.47. The Kier molecular flexibility index (Phi) is 4.75. The Labute approximate surface area is 116 Å². The average Bonchev–Trinajstić information content (AvgIpc) is 2.73. The quantitative estimate of drug-likeness (QED) is 0.822. The highest BCUT2D eigenvalue weighted by Gasteiger charge is 2.27. The van der Waals surface area contributed by atoms with Crippen LogP contribution in [-0.2, 0) is 5.41 Å². The number of amides is 1. The normalized spacial score (nSPS) is 13.1. The molecule has 0 saturated heterocycles. The molecule has 0 aliphatic carbocycles. The molecule has 5 nitrogen and oxygen atoms in total. The van der Waals surface area contributed by atoms with Gasteiger partial charge in [0.25, 0.3) is 5.91 Å². The van der Waals surface area contributed by atoms with Crippen molar-refractivity contribution in [3.8, 4) is 0 Å². The molecule has 1 amide bonds. The lowest BCUT2D eigenvalue weighted by atomic mass is 9.91. The van der Waals surface area contributed by atoms with Crippen LogP contribution in [-0.4, -0.2) is 26.5 Å². The second-order valence-electron chi connectivity index (χ2n) is 5.04. The Morgan fingerprint density at radius 2 is 2.17 bits per heavy atom. The van der Waals surface area contributed by atoms with Gasteiger partial charge in [-0.1, -0.05) is 44.4 Å². The topological polar surface area (TPSA) is 80.9 Å². The van der Waals surface area contributed by atoms with Crippen molar-refractivity contribution in [3.63, 3.8) is 0 Å². The molecule has 1 aromatic rings. The zero-order chi connectivity index (χ0) is 13.9. The van der Waals surface area contributed by atoms with E-state index in [1.54, 1.807) is 0 Å². The fraction of sp³-hybridized carbons (Fsp3) is 0.636. The van der Waals surface area contributed by atoms with Crippen LogP contribution in [0.4, 0.5) is 0 Å². The summed E-state index contributed by atoms with van der Waals surface area (Å²) in [6.45, 7) is 7.89. The van der Waals surface area contributed by atoms with Crippen LogP contribution in [0.1, 0.15) is 49.5 Å². The molecular formula is C11H18N4OS2. The molecule has 1 rings (SSSR count). The summed E-state index contributed by atoms with van der Waals surface area (Å²) in [4.78, 5) is 13.0. The largest absolute Gasteiger partial charge is 0.392 e. The van der Waals surface area contributed by atoms with Crippen molar-refractivity contribution in [1.29, 1.82) is 0 Å². The Balaban J connectivity index is 2.92. The van der Waals surface area contributed by atoms with Crippen LogP contribution in [0.15, 0.2) is 0 Å². The van der Waals surface area contributed by atoms with E-state index >= 15 is 0 Å². The SMILES string of the molecule is CCC(NC(=O)c1snnc1C(C)(C)C)C(N)=S. The van der Waals surface area contributed by atoms with Crippen molar-refractivity contribution in [2.75, 3.05) is 0 Å². The maximum absolute atomic E-state index is 12.2. The molecule has 0 aliphatic rings. The lowest BCUT2D eigenvalue weighted by Crippen LogP contribution is -2.43. The molecule has 0 radical (unpaired) electrons. The van der Waals surface area contributed by atoms with E-state index in [0.29, 0.717) is 22.0 Å². The van der Waals surface area contributed by atoms with Gasteiger partial charge in [0.1, 0.15) is 4.88 Å². The van der Waals surface area contributed by atoms with Crippen LogP contribution in [0, 0.1) is 0 Å². The molecule has 1 atom stereocenters. The van der Waals surface area contributed by atoms with Crippen LogP contribution in [0.5, 0.6) is 0 Å². The molecule has 3 N–H and O–H groups in total. The predicted octanol–water partition coefficient (Wildman–Crippen LogP) is 1.63. The van der Waals surface area contributed by atoms with Crippen molar-refractivity contribution in [1.82, 2.24) is 14.9 Å². The number of aromatic nitrogens is 2. The monoisotopic (exact) mass is 286 g/mol. The van der Waals surface area contributed by atoms with E-state index in [9.17, 15) is 4.79 Å². The number of nitrogens with one attached hydrogen (secondary N) is 1. The van der Waals surface area contributed by atoms with Crippen molar-refractivity contribution in [2.45, 2.75) is 45.6 Å². The second kappa shape index (κ2) is 5.71. The molecular weight excluding hydrogens is 268 g/mol. The zero-order valence-electron chi connectivity index (χ0n) is 11.0. The number of hydrogen-bond donors (Lipinski definition) is 2. The minimum absolute atomic E-state index is 0.213. The number of thiocarbonyl (C=S) groups is 1. The molecule has 100 valence electrons. The number of carbonyl (C=O) groups excluding carboxylic acids is 1. The maximum atomic E-state index is 12.2. The van der Waals surface area contributed by atoms with E-state index in [0.717, 1.165) is 11.5 Å². The predicted molar refractivity (Wildman–Crippen MR) is 76.9 cm³/mol. The molecule has 0 aliphatic heterocycles. The summed E-state index contributed by atoms with van der Waals surface area (Å²) in [5.41, 5.74) is 6.04. The van der Waals surface area contributed by atoms with Crippen molar-refractivity contribution < 1.29 is 4.79 Å². The number of rotatable bonds is 4. The van der Waals surface area contributed by atoms with Gasteiger partial charge in [-0.15, -0.1) is 5.10 Å². The lowest BCUT2D eigenvalue weighted by Gasteiger charge is -2.18. The number of hydrogen-bond acceptors (Lipinski definition) is 5. The second-order valence-corrected chi connectivity index (χ2v) is 6.26. The summed E-state index contributed by atoms with van der Waals surface area (Å²) in [5, 5.41) is 6.84. The fourth-order valence-electron chi connectivity index (χ4n) is 1.43. The molecule has 7 heteroatoms. The average molecular weight is 286 g/mol. The summed E-state index contributed by atoms with van der Waals surface area (Å²) in [6, 6.07) is -0.289. The fourth-order valence-corrected chi connectivity index (χ4v) is 2.43. The van der Waals surface area contributed by atoms with E-state index in [-0.39, 0.29) is 17.4 Å².